The first-order chi connectivity index (χ1) is 9.97. The van der Waals surface area contributed by atoms with E-state index in [0.29, 0.717) is 23.9 Å². The highest BCUT2D eigenvalue weighted by Gasteiger charge is 2.18. The smallest absolute Gasteiger partial charge is 0.241 e. The number of unbranched alkanes of at least 4 members (excludes halogenated alkanes) is 1. The molecule has 122 valence electrons. The van der Waals surface area contributed by atoms with Crippen LogP contribution < -0.4 is 10.0 Å². The van der Waals surface area contributed by atoms with Crippen LogP contribution in [0.4, 0.5) is 0 Å². The van der Waals surface area contributed by atoms with Gasteiger partial charge < -0.3 is 5.32 Å². The maximum atomic E-state index is 12.3. The maximum Gasteiger partial charge on any atom is 0.241 e. The normalized spacial score (nSPS) is 12.2. The van der Waals surface area contributed by atoms with E-state index in [1.807, 2.05) is 5.38 Å². The molecule has 0 fully saturated rings. The molecule has 4 nitrogen and oxygen atoms in total. The second-order valence-electron chi connectivity index (χ2n) is 5.67. The first kappa shape index (κ1) is 18.6. The van der Waals surface area contributed by atoms with E-state index in [2.05, 4.69) is 30.8 Å². The molecule has 0 aliphatic rings. The van der Waals surface area contributed by atoms with E-state index in [1.54, 1.807) is 6.07 Å². The summed E-state index contributed by atoms with van der Waals surface area (Å²) >= 11 is 1.49. The highest BCUT2D eigenvalue weighted by molar-refractivity contribution is 7.89. The Morgan fingerprint density at radius 1 is 1.24 bits per heavy atom. The van der Waals surface area contributed by atoms with Crippen molar-refractivity contribution in [1.82, 2.24) is 10.0 Å². The van der Waals surface area contributed by atoms with Crippen molar-refractivity contribution in [2.24, 2.45) is 5.92 Å². The molecule has 0 unspecified atom stereocenters. The SMILES string of the molecule is CCCNCc1sccc1S(=O)(=O)NCCCCC(C)C. The Balaban J connectivity index is 2.48. The summed E-state index contributed by atoms with van der Waals surface area (Å²) in [5.41, 5.74) is 0. The molecule has 1 aromatic rings. The average molecular weight is 333 g/mol. The second kappa shape index (κ2) is 9.56. The third kappa shape index (κ3) is 6.91. The lowest BCUT2D eigenvalue weighted by Gasteiger charge is -2.09. The summed E-state index contributed by atoms with van der Waals surface area (Å²) in [6, 6.07) is 1.70. The van der Waals surface area contributed by atoms with Crippen LogP contribution in [0.15, 0.2) is 16.3 Å². The molecule has 1 aromatic heterocycles. The van der Waals surface area contributed by atoms with Crippen molar-refractivity contribution in [3.05, 3.63) is 16.3 Å². The predicted octanol–water partition coefficient (Wildman–Crippen LogP) is 3.35. The van der Waals surface area contributed by atoms with Crippen molar-refractivity contribution in [2.75, 3.05) is 13.1 Å². The molecule has 0 aliphatic heterocycles. The Bertz CT molecular complexity index is 496. The van der Waals surface area contributed by atoms with Crippen LogP contribution in [0.1, 0.15) is 51.3 Å². The fourth-order valence-electron chi connectivity index (χ4n) is 2.04. The van der Waals surface area contributed by atoms with Gasteiger partial charge in [0.1, 0.15) is 0 Å². The number of hydrogen-bond acceptors (Lipinski definition) is 4. The van der Waals surface area contributed by atoms with Gasteiger partial charge in [-0.2, -0.15) is 0 Å². The van der Waals surface area contributed by atoms with Gasteiger partial charge in [0.2, 0.25) is 10.0 Å². The average Bonchev–Trinajstić information content (AvgIpc) is 2.87. The molecule has 6 heteroatoms. The number of rotatable bonds is 11. The molecule has 0 bridgehead atoms. The van der Waals surface area contributed by atoms with E-state index < -0.39 is 10.0 Å². The summed E-state index contributed by atoms with van der Waals surface area (Å²) in [5.74, 6) is 0.676. The van der Waals surface area contributed by atoms with Crippen LogP contribution in [0.5, 0.6) is 0 Å². The van der Waals surface area contributed by atoms with Crippen LogP contribution in [0.2, 0.25) is 0 Å². The van der Waals surface area contributed by atoms with Gasteiger partial charge in [-0.1, -0.05) is 33.6 Å². The largest absolute Gasteiger partial charge is 0.312 e. The molecule has 2 N–H and O–H groups in total. The monoisotopic (exact) mass is 332 g/mol. The van der Waals surface area contributed by atoms with Crippen molar-refractivity contribution in [3.63, 3.8) is 0 Å². The number of nitrogens with one attached hydrogen (secondary N) is 2. The lowest BCUT2D eigenvalue weighted by molar-refractivity contribution is 0.530. The lowest BCUT2D eigenvalue weighted by Crippen LogP contribution is -2.26. The standard InChI is InChI=1S/C15H28N2O2S2/c1-4-9-16-12-14-15(8-11-20-14)21(18,19)17-10-6-5-7-13(2)3/h8,11,13,16-17H,4-7,9-10,12H2,1-3H3. The van der Waals surface area contributed by atoms with E-state index >= 15 is 0 Å². The topological polar surface area (TPSA) is 58.2 Å². The number of hydrogen-bond donors (Lipinski definition) is 2. The van der Waals surface area contributed by atoms with Crippen molar-refractivity contribution >= 4 is 21.4 Å². The predicted molar refractivity (Wildman–Crippen MR) is 90.2 cm³/mol. The summed E-state index contributed by atoms with van der Waals surface area (Å²) < 4.78 is 27.3. The van der Waals surface area contributed by atoms with E-state index in [-0.39, 0.29) is 0 Å². The highest BCUT2D eigenvalue weighted by atomic mass is 32.2. The second-order valence-corrected chi connectivity index (χ2v) is 8.41. The van der Waals surface area contributed by atoms with E-state index in [9.17, 15) is 8.42 Å². The summed E-state index contributed by atoms with van der Waals surface area (Å²) in [6.45, 7) is 8.51. The number of sulfonamides is 1. The van der Waals surface area contributed by atoms with Crippen LogP contribution >= 0.6 is 11.3 Å². The fourth-order valence-corrected chi connectivity index (χ4v) is 4.52. The zero-order valence-electron chi connectivity index (χ0n) is 13.3. The van der Waals surface area contributed by atoms with Crippen LogP contribution in [0, 0.1) is 5.92 Å². The van der Waals surface area contributed by atoms with Crippen molar-refractivity contribution in [1.29, 1.82) is 0 Å². The van der Waals surface area contributed by atoms with E-state index in [0.717, 1.165) is 37.1 Å². The molecule has 1 rings (SSSR count). The molecule has 0 radical (unpaired) electrons. The minimum atomic E-state index is -3.37. The van der Waals surface area contributed by atoms with Crippen LogP contribution in [0.25, 0.3) is 0 Å². The lowest BCUT2D eigenvalue weighted by atomic mass is 10.1. The van der Waals surface area contributed by atoms with Gasteiger partial charge in [0.25, 0.3) is 0 Å². The molecule has 0 aromatic carbocycles. The molecular weight excluding hydrogens is 304 g/mol. The van der Waals surface area contributed by atoms with Gasteiger partial charge in [-0.15, -0.1) is 11.3 Å². The Labute approximate surface area is 133 Å². The summed E-state index contributed by atoms with van der Waals surface area (Å²) in [7, 11) is -3.37. The van der Waals surface area contributed by atoms with E-state index in [4.69, 9.17) is 0 Å². The van der Waals surface area contributed by atoms with Gasteiger partial charge in [0.15, 0.2) is 0 Å². The first-order valence-corrected chi connectivity index (χ1v) is 10.1. The van der Waals surface area contributed by atoms with Gasteiger partial charge >= 0.3 is 0 Å². The van der Waals surface area contributed by atoms with Crippen molar-refractivity contribution in [3.8, 4) is 0 Å². The Hall–Kier alpha value is -0.430. The summed E-state index contributed by atoms with van der Waals surface area (Å²) in [4.78, 5) is 1.32. The molecule has 1 heterocycles. The van der Waals surface area contributed by atoms with Crippen LogP contribution in [0.3, 0.4) is 0 Å². The number of thiophene rings is 1. The molecule has 0 saturated heterocycles. The minimum Gasteiger partial charge on any atom is -0.312 e. The Kier molecular flexibility index (Phi) is 8.48. The van der Waals surface area contributed by atoms with Crippen LogP contribution in [-0.2, 0) is 16.6 Å². The summed E-state index contributed by atoms with van der Waals surface area (Å²) in [6.07, 6.45) is 4.15. The quantitative estimate of drug-likeness (QED) is 0.611. The van der Waals surface area contributed by atoms with Crippen molar-refractivity contribution < 1.29 is 8.42 Å². The van der Waals surface area contributed by atoms with Gasteiger partial charge in [-0.3, -0.25) is 0 Å². The molecule has 21 heavy (non-hydrogen) atoms. The van der Waals surface area contributed by atoms with E-state index in [1.165, 1.54) is 11.3 Å². The third-order valence-corrected chi connectivity index (χ3v) is 5.80. The molecule has 0 saturated carbocycles. The van der Waals surface area contributed by atoms with Gasteiger partial charge in [0.05, 0.1) is 4.90 Å². The molecular formula is C15H28N2O2S2. The minimum absolute atomic E-state index is 0.431. The molecule has 0 spiro atoms. The summed E-state index contributed by atoms with van der Waals surface area (Å²) in [5, 5.41) is 5.10. The van der Waals surface area contributed by atoms with Gasteiger partial charge in [-0.05, 0) is 36.8 Å². The van der Waals surface area contributed by atoms with Gasteiger partial charge in [-0.25, -0.2) is 13.1 Å². The van der Waals surface area contributed by atoms with Crippen molar-refractivity contribution in [2.45, 2.75) is 57.9 Å². The third-order valence-electron chi connectivity index (χ3n) is 3.21. The zero-order valence-corrected chi connectivity index (χ0v) is 14.9. The first-order valence-electron chi connectivity index (χ1n) is 7.74. The highest BCUT2D eigenvalue weighted by Crippen LogP contribution is 2.21. The maximum absolute atomic E-state index is 12.3. The van der Waals surface area contributed by atoms with Gasteiger partial charge in [0, 0.05) is 18.0 Å². The zero-order chi connectivity index (χ0) is 15.7. The Morgan fingerprint density at radius 2 is 2.00 bits per heavy atom. The molecule has 0 aliphatic carbocycles. The fraction of sp³-hybridized carbons (Fsp3) is 0.733. The van der Waals surface area contributed by atoms with Crippen LogP contribution in [-0.4, -0.2) is 21.5 Å². The molecule has 0 amide bonds. The molecule has 0 atom stereocenters. The Morgan fingerprint density at radius 3 is 2.67 bits per heavy atom.